The second-order valence-electron chi connectivity index (χ2n) is 5.62. The fourth-order valence-corrected chi connectivity index (χ4v) is 2.66. The number of carbonyl (C=O) groups is 1. The summed E-state index contributed by atoms with van der Waals surface area (Å²) in [5.41, 5.74) is 2.38. The molecule has 1 aromatic carbocycles. The van der Waals surface area contributed by atoms with Crippen molar-refractivity contribution in [2.75, 3.05) is 13.2 Å². The number of nitrogens with one attached hydrogen (secondary N) is 1. The van der Waals surface area contributed by atoms with Crippen LogP contribution in [0.5, 0.6) is 11.5 Å². The molecule has 3 heterocycles. The number of imidazole rings is 1. The molecule has 1 aliphatic heterocycles. The fourth-order valence-electron chi connectivity index (χ4n) is 2.66. The van der Waals surface area contributed by atoms with Crippen LogP contribution < -0.4 is 14.8 Å². The minimum Gasteiger partial charge on any atom is -0.490 e. The topological polar surface area (TPSA) is 64.9 Å². The molecule has 1 aliphatic rings. The number of amides is 1. The SMILES string of the molecule is O=C(NCc1ccc2c(c1)OCCCO2)c1ccc2nccn2c1. The number of carbonyl (C=O) groups excluding carboxylic acids is 1. The molecule has 1 amide bonds. The maximum Gasteiger partial charge on any atom is 0.253 e. The van der Waals surface area contributed by atoms with E-state index in [1.807, 2.05) is 34.9 Å². The fraction of sp³-hybridized carbons (Fsp3) is 0.222. The Hall–Kier alpha value is -3.02. The van der Waals surface area contributed by atoms with Crippen molar-refractivity contribution >= 4 is 11.6 Å². The third kappa shape index (κ3) is 2.90. The molecule has 0 bridgehead atoms. The van der Waals surface area contributed by atoms with E-state index in [-0.39, 0.29) is 5.91 Å². The van der Waals surface area contributed by atoms with Crippen LogP contribution in [0.25, 0.3) is 5.65 Å². The molecule has 3 aromatic rings. The number of rotatable bonds is 3. The molecule has 0 unspecified atom stereocenters. The first kappa shape index (κ1) is 14.6. The zero-order valence-electron chi connectivity index (χ0n) is 13.1. The minimum atomic E-state index is -0.127. The first-order chi connectivity index (χ1) is 11.8. The lowest BCUT2D eigenvalue weighted by atomic mass is 10.2. The molecule has 24 heavy (non-hydrogen) atoms. The van der Waals surface area contributed by atoms with Crippen LogP contribution in [0.1, 0.15) is 22.3 Å². The van der Waals surface area contributed by atoms with E-state index in [0.717, 1.165) is 29.1 Å². The van der Waals surface area contributed by atoms with Crippen molar-refractivity contribution in [1.82, 2.24) is 14.7 Å². The zero-order valence-corrected chi connectivity index (χ0v) is 13.1. The Morgan fingerprint density at radius 1 is 1.17 bits per heavy atom. The number of hydrogen-bond acceptors (Lipinski definition) is 4. The van der Waals surface area contributed by atoms with Gasteiger partial charge in [-0.3, -0.25) is 4.79 Å². The van der Waals surface area contributed by atoms with Crippen LogP contribution in [-0.2, 0) is 6.54 Å². The second kappa shape index (κ2) is 6.23. The normalized spacial score (nSPS) is 13.5. The van der Waals surface area contributed by atoms with Gasteiger partial charge in [0.2, 0.25) is 0 Å². The Bertz CT molecular complexity index is 888. The first-order valence-electron chi connectivity index (χ1n) is 7.89. The molecule has 0 saturated carbocycles. The smallest absolute Gasteiger partial charge is 0.253 e. The lowest BCUT2D eigenvalue weighted by molar-refractivity contribution is 0.0950. The van der Waals surface area contributed by atoms with Gasteiger partial charge in [0.05, 0.1) is 18.8 Å². The highest BCUT2D eigenvalue weighted by atomic mass is 16.5. The second-order valence-corrected chi connectivity index (χ2v) is 5.62. The van der Waals surface area contributed by atoms with Crippen molar-refractivity contribution in [3.63, 3.8) is 0 Å². The summed E-state index contributed by atoms with van der Waals surface area (Å²) >= 11 is 0. The van der Waals surface area contributed by atoms with E-state index >= 15 is 0 Å². The summed E-state index contributed by atoms with van der Waals surface area (Å²) in [5, 5.41) is 2.93. The van der Waals surface area contributed by atoms with E-state index in [0.29, 0.717) is 25.3 Å². The molecule has 1 N–H and O–H groups in total. The zero-order chi connectivity index (χ0) is 16.4. The molecule has 6 heteroatoms. The Morgan fingerprint density at radius 3 is 2.96 bits per heavy atom. The van der Waals surface area contributed by atoms with Gasteiger partial charge in [0.1, 0.15) is 5.65 Å². The molecule has 0 aliphatic carbocycles. The summed E-state index contributed by atoms with van der Waals surface area (Å²) < 4.78 is 13.1. The van der Waals surface area contributed by atoms with Crippen molar-refractivity contribution in [2.45, 2.75) is 13.0 Å². The Kier molecular flexibility index (Phi) is 3.78. The molecule has 4 rings (SSSR count). The lowest BCUT2D eigenvalue weighted by Gasteiger charge is -2.10. The third-order valence-corrected chi connectivity index (χ3v) is 3.92. The molecule has 0 radical (unpaired) electrons. The summed E-state index contributed by atoms with van der Waals surface area (Å²) in [6, 6.07) is 9.33. The molecule has 0 atom stereocenters. The Morgan fingerprint density at radius 2 is 2.04 bits per heavy atom. The van der Waals surface area contributed by atoms with Gasteiger partial charge in [-0.2, -0.15) is 0 Å². The van der Waals surface area contributed by atoms with Crippen molar-refractivity contribution in [1.29, 1.82) is 0 Å². The van der Waals surface area contributed by atoms with E-state index in [1.165, 1.54) is 0 Å². The number of benzene rings is 1. The molecule has 6 nitrogen and oxygen atoms in total. The van der Waals surface area contributed by atoms with Crippen LogP contribution in [-0.4, -0.2) is 28.5 Å². The van der Waals surface area contributed by atoms with Gasteiger partial charge in [-0.25, -0.2) is 4.98 Å². The quantitative estimate of drug-likeness (QED) is 0.804. The van der Waals surface area contributed by atoms with Gasteiger partial charge in [-0.1, -0.05) is 6.07 Å². The van der Waals surface area contributed by atoms with Crippen LogP contribution in [0.4, 0.5) is 0 Å². The van der Waals surface area contributed by atoms with E-state index in [1.54, 1.807) is 18.5 Å². The average molecular weight is 323 g/mol. The van der Waals surface area contributed by atoms with Gasteiger partial charge < -0.3 is 19.2 Å². The van der Waals surface area contributed by atoms with Gasteiger partial charge >= 0.3 is 0 Å². The lowest BCUT2D eigenvalue weighted by Crippen LogP contribution is -2.23. The van der Waals surface area contributed by atoms with Crippen molar-refractivity contribution in [3.05, 3.63) is 60.0 Å². The van der Waals surface area contributed by atoms with Crippen LogP contribution in [0.3, 0.4) is 0 Å². The van der Waals surface area contributed by atoms with Gasteiger partial charge in [0, 0.05) is 31.6 Å². The summed E-state index contributed by atoms with van der Waals surface area (Å²) in [7, 11) is 0. The molecular weight excluding hydrogens is 306 g/mol. The van der Waals surface area contributed by atoms with Crippen molar-refractivity contribution < 1.29 is 14.3 Å². The molecule has 0 saturated heterocycles. The highest BCUT2D eigenvalue weighted by Crippen LogP contribution is 2.30. The predicted molar refractivity (Wildman–Crippen MR) is 88.4 cm³/mol. The highest BCUT2D eigenvalue weighted by molar-refractivity contribution is 5.94. The van der Waals surface area contributed by atoms with E-state index in [9.17, 15) is 4.79 Å². The van der Waals surface area contributed by atoms with E-state index < -0.39 is 0 Å². The highest BCUT2D eigenvalue weighted by Gasteiger charge is 2.12. The first-order valence-corrected chi connectivity index (χ1v) is 7.89. The Balaban J connectivity index is 1.46. The van der Waals surface area contributed by atoms with Crippen molar-refractivity contribution in [2.24, 2.45) is 0 Å². The molecule has 0 spiro atoms. The number of aromatic nitrogens is 2. The molecular formula is C18H17N3O3. The van der Waals surface area contributed by atoms with Gasteiger partial charge in [0.25, 0.3) is 5.91 Å². The largest absolute Gasteiger partial charge is 0.490 e. The predicted octanol–water partition coefficient (Wildman–Crippen LogP) is 2.43. The molecule has 122 valence electrons. The summed E-state index contributed by atoms with van der Waals surface area (Å²) in [5.74, 6) is 1.37. The molecule has 0 fully saturated rings. The van der Waals surface area contributed by atoms with Crippen LogP contribution in [0, 0.1) is 0 Å². The summed E-state index contributed by atoms with van der Waals surface area (Å²) in [4.78, 5) is 16.5. The van der Waals surface area contributed by atoms with Gasteiger partial charge in [-0.15, -0.1) is 0 Å². The number of ether oxygens (including phenoxy) is 2. The van der Waals surface area contributed by atoms with E-state index in [4.69, 9.17) is 9.47 Å². The maximum absolute atomic E-state index is 12.3. The average Bonchev–Trinajstić information content (AvgIpc) is 2.96. The van der Waals surface area contributed by atoms with Crippen molar-refractivity contribution in [3.8, 4) is 11.5 Å². The number of pyridine rings is 1. The minimum absolute atomic E-state index is 0.127. The third-order valence-electron chi connectivity index (χ3n) is 3.92. The molecule has 2 aromatic heterocycles. The standard InChI is InChI=1S/C18H17N3O3/c22-18(14-3-5-17-19-6-7-21(17)12-14)20-11-13-2-4-15-16(10-13)24-9-1-8-23-15/h2-7,10,12H,1,8-9,11H2,(H,20,22). The monoisotopic (exact) mass is 323 g/mol. The number of nitrogens with zero attached hydrogens (tertiary/aromatic N) is 2. The summed E-state index contributed by atoms with van der Waals surface area (Å²) in [6.07, 6.45) is 6.16. The number of fused-ring (bicyclic) bond motifs is 2. The van der Waals surface area contributed by atoms with Gasteiger partial charge in [0.15, 0.2) is 11.5 Å². The van der Waals surface area contributed by atoms with Crippen LogP contribution in [0.2, 0.25) is 0 Å². The summed E-state index contributed by atoms with van der Waals surface area (Å²) in [6.45, 7) is 1.74. The van der Waals surface area contributed by atoms with Gasteiger partial charge in [-0.05, 0) is 29.8 Å². The van der Waals surface area contributed by atoms with E-state index in [2.05, 4.69) is 10.3 Å². The maximum atomic E-state index is 12.3. The van der Waals surface area contributed by atoms with Crippen LogP contribution >= 0.6 is 0 Å². The number of hydrogen-bond donors (Lipinski definition) is 1. The van der Waals surface area contributed by atoms with Crippen LogP contribution in [0.15, 0.2) is 48.9 Å². The Labute approximate surface area is 139 Å².